The Kier molecular flexibility index (Phi) is 13.7. The number of rotatable bonds is 4. The Morgan fingerprint density at radius 3 is 1.75 bits per heavy atom. The number of hydrogen-bond acceptors (Lipinski definition) is 7. The number of methoxy groups -OCH3 is 2. The molecule has 0 unspecified atom stereocenters. The van der Waals surface area contributed by atoms with Crippen molar-refractivity contribution in [3.8, 4) is 0 Å². The Labute approximate surface area is 222 Å². The number of ether oxygens (including phenoxy) is 2. The normalized spacial score (nSPS) is 13.7. The third-order valence-corrected chi connectivity index (χ3v) is 5.64. The van der Waals surface area contributed by atoms with Crippen LogP contribution in [0.1, 0.15) is 69.4 Å². The molecule has 0 bridgehead atoms. The van der Waals surface area contributed by atoms with Gasteiger partial charge in [0.15, 0.2) is 0 Å². The summed E-state index contributed by atoms with van der Waals surface area (Å²) in [5, 5.41) is 0. The Balaban J connectivity index is 0.000000273. The molecule has 2 aliphatic carbocycles. The van der Waals surface area contributed by atoms with E-state index in [1.165, 1.54) is 51.0 Å². The first kappa shape index (κ1) is 31.6. The Bertz CT molecular complexity index is 1030. The van der Waals surface area contributed by atoms with E-state index in [1.54, 1.807) is 0 Å². The van der Waals surface area contributed by atoms with E-state index in [1.807, 2.05) is 42.5 Å². The number of aldehydes is 1. The van der Waals surface area contributed by atoms with Gasteiger partial charge in [-0.05, 0) is 72.9 Å². The number of halogens is 4. The van der Waals surface area contributed by atoms with E-state index in [-0.39, 0.29) is 11.9 Å². The second kappa shape index (κ2) is 15.6. The van der Waals surface area contributed by atoms with Crippen LogP contribution in [0.4, 0.5) is 13.2 Å². The Morgan fingerprint density at radius 1 is 0.972 bits per heavy atom. The molecule has 6 nitrogen and oxygen atoms in total. The molecule has 0 aliphatic heterocycles. The molecule has 0 amide bonds. The maximum absolute atomic E-state index is 11.2. The Hall–Kier alpha value is -2.47. The molecule has 193 valence electrons. The molecule has 4 rings (SSSR count). The zero-order valence-electron chi connectivity index (χ0n) is 19.6. The SMILES string of the molecule is COC(=O)c1ccc(C2CC2)c(Br)c1.COC(=O)c1ccc(C2CC2)cc1.O=CC(F)(F)F.[B]=NS. The molecular formula is C24H25BBrF3NO5S. The first-order chi connectivity index (χ1) is 17.0. The van der Waals surface area contributed by atoms with Crippen LogP contribution in [0.3, 0.4) is 0 Å². The molecule has 0 N–H and O–H groups in total. The summed E-state index contributed by atoms with van der Waals surface area (Å²) in [5.74, 6) is 0.887. The van der Waals surface area contributed by atoms with Crippen LogP contribution in [0.25, 0.3) is 0 Å². The zero-order valence-corrected chi connectivity index (χ0v) is 22.1. The van der Waals surface area contributed by atoms with E-state index in [0.29, 0.717) is 17.0 Å². The summed E-state index contributed by atoms with van der Waals surface area (Å²) >= 11 is 6.67. The molecule has 36 heavy (non-hydrogen) atoms. The standard InChI is InChI=1S/C11H11BrO2.C11H12O2.C2HF3O.BHNS/c1-14-11(13)8-4-5-9(7-2-3-7)10(12)6-8;1-13-11(12)10-6-4-9(5-7-10)8-2-3-8;3-2(4,5)1-6;1-2-3/h4-7H,2-3H2,1H3;4-8H,2-3H2,1H3;1H;3H. The molecule has 0 atom stereocenters. The first-order valence-electron chi connectivity index (χ1n) is 10.6. The van der Waals surface area contributed by atoms with E-state index in [9.17, 15) is 22.8 Å². The number of carbonyl (C=O) groups is 3. The molecule has 1 radical (unpaired) electrons. The van der Waals surface area contributed by atoms with Gasteiger partial charge in [0.25, 0.3) is 0 Å². The molecule has 0 saturated heterocycles. The zero-order chi connectivity index (χ0) is 27.3. The summed E-state index contributed by atoms with van der Waals surface area (Å²) in [6.45, 7) is 0. The van der Waals surface area contributed by atoms with Crippen molar-refractivity contribution >= 4 is 54.6 Å². The number of esters is 2. The van der Waals surface area contributed by atoms with Crippen LogP contribution >= 0.6 is 28.7 Å². The third-order valence-electron chi connectivity index (χ3n) is 4.95. The summed E-state index contributed by atoms with van der Waals surface area (Å²) < 4.78 is 44.2. The molecule has 2 aromatic carbocycles. The molecular weight excluding hydrogens is 562 g/mol. The average molecular weight is 587 g/mol. The van der Waals surface area contributed by atoms with Gasteiger partial charge in [-0.2, -0.15) is 13.2 Å². The topological polar surface area (TPSA) is 82.0 Å². The first-order valence-corrected chi connectivity index (χ1v) is 11.8. The van der Waals surface area contributed by atoms with Gasteiger partial charge in [0.2, 0.25) is 6.29 Å². The van der Waals surface area contributed by atoms with Gasteiger partial charge in [0.05, 0.1) is 25.3 Å². The molecule has 2 aromatic rings. The van der Waals surface area contributed by atoms with Crippen LogP contribution in [0.15, 0.2) is 51.2 Å². The molecule has 2 fully saturated rings. The number of thiol groups is 1. The van der Waals surface area contributed by atoms with Gasteiger partial charge in [-0.1, -0.05) is 34.1 Å². The van der Waals surface area contributed by atoms with Crippen LogP contribution in [-0.4, -0.2) is 46.3 Å². The van der Waals surface area contributed by atoms with Gasteiger partial charge in [-0.3, -0.25) is 4.79 Å². The van der Waals surface area contributed by atoms with Crippen molar-refractivity contribution in [1.29, 1.82) is 0 Å². The van der Waals surface area contributed by atoms with Crippen LogP contribution in [0, 0.1) is 0 Å². The molecule has 2 aliphatic rings. The maximum atomic E-state index is 11.2. The molecule has 2 saturated carbocycles. The molecule has 0 aromatic heterocycles. The minimum absolute atomic E-state index is 0.262. The van der Waals surface area contributed by atoms with Crippen molar-refractivity contribution in [2.75, 3.05) is 14.2 Å². The van der Waals surface area contributed by atoms with Crippen molar-refractivity contribution in [3.05, 3.63) is 69.2 Å². The minimum atomic E-state index is -4.64. The van der Waals surface area contributed by atoms with Gasteiger partial charge >= 0.3 is 42.9 Å². The van der Waals surface area contributed by atoms with Gasteiger partial charge in [-0.25, -0.2) is 9.59 Å². The van der Waals surface area contributed by atoms with Crippen molar-refractivity contribution < 1.29 is 37.0 Å². The molecule has 0 spiro atoms. The predicted molar refractivity (Wildman–Crippen MR) is 136 cm³/mol. The van der Waals surface area contributed by atoms with E-state index in [2.05, 4.69) is 50.2 Å². The van der Waals surface area contributed by atoms with Crippen LogP contribution in [-0.2, 0) is 14.3 Å². The predicted octanol–water partition coefficient (Wildman–Crippen LogP) is 6.39. The summed E-state index contributed by atoms with van der Waals surface area (Å²) in [6, 6.07) is 13.4. The number of hydrogen-bond donors (Lipinski definition) is 1. The molecule has 12 heteroatoms. The van der Waals surface area contributed by atoms with Gasteiger partial charge in [0, 0.05) is 4.47 Å². The van der Waals surface area contributed by atoms with E-state index in [4.69, 9.17) is 4.79 Å². The fourth-order valence-corrected chi connectivity index (χ4v) is 3.63. The average Bonchev–Trinajstić information content (AvgIpc) is 3.77. The molecule has 0 heterocycles. The van der Waals surface area contributed by atoms with Crippen LogP contribution in [0.5, 0.6) is 0 Å². The van der Waals surface area contributed by atoms with Gasteiger partial charge in [-0.15, -0.1) is 0 Å². The number of carbonyl (C=O) groups excluding carboxylic acids is 3. The van der Waals surface area contributed by atoms with Crippen LogP contribution < -0.4 is 0 Å². The Morgan fingerprint density at radius 2 is 1.39 bits per heavy atom. The van der Waals surface area contributed by atoms with Crippen molar-refractivity contribution in [2.45, 2.75) is 43.7 Å². The summed E-state index contributed by atoms with van der Waals surface area (Å²) in [7, 11) is 7.13. The van der Waals surface area contributed by atoms with Crippen LogP contribution in [0.2, 0.25) is 0 Å². The van der Waals surface area contributed by atoms with E-state index < -0.39 is 12.5 Å². The fourth-order valence-electron chi connectivity index (χ4n) is 2.92. The number of nitrogens with zero attached hydrogens (tertiary/aromatic N) is 1. The quantitative estimate of drug-likeness (QED) is 0.194. The number of alkyl halides is 3. The summed E-state index contributed by atoms with van der Waals surface area (Å²) in [5.41, 5.74) is 3.88. The van der Waals surface area contributed by atoms with Crippen molar-refractivity contribution in [1.82, 2.24) is 0 Å². The van der Waals surface area contributed by atoms with Gasteiger partial charge in [0.1, 0.15) is 0 Å². The number of benzene rings is 2. The van der Waals surface area contributed by atoms with Crippen molar-refractivity contribution in [2.24, 2.45) is 4.30 Å². The monoisotopic (exact) mass is 586 g/mol. The van der Waals surface area contributed by atoms with E-state index in [0.717, 1.165) is 10.4 Å². The van der Waals surface area contributed by atoms with Gasteiger partial charge < -0.3 is 9.47 Å². The summed E-state index contributed by atoms with van der Waals surface area (Å²) in [4.78, 5) is 31.0. The second-order valence-electron chi connectivity index (χ2n) is 7.66. The fraction of sp³-hybridized carbons (Fsp3) is 0.375. The van der Waals surface area contributed by atoms with Crippen molar-refractivity contribution in [3.63, 3.8) is 0 Å². The van der Waals surface area contributed by atoms with E-state index >= 15 is 0 Å². The second-order valence-corrected chi connectivity index (χ2v) is 8.75. The summed E-state index contributed by atoms with van der Waals surface area (Å²) in [6.07, 6.45) is -0.603. The third kappa shape index (κ3) is 12.0.